The van der Waals surface area contributed by atoms with E-state index in [2.05, 4.69) is 31.1 Å². The molecule has 1 aliphatic carbocycles. The quantitative estimate of drug-likeness (QED) is 0.784. The maximum absolute atomic E-state index is 13.9. The van der Waals surface area contributed by atoms with E-state index in [9.17, 15) is 4.39 Å². The zero-order valence-electron chi connectivity index (χ0n) is 13.0. The minimum absolute atomic E-state index is 0.0831. The molecule has 0 bridgehead atoms. The van der Waals surface area contributed by atoms with Crippen LogP contribution in [0.3, 0.4) is 0 Å². The Labute approximate surface area is 122 Å². The maximum Gasteiger partial charge on any atom is 0.127 e. The third-order valence-electron chi connectivity index (χ3n) is 3.70. The Bertz CT molecular complexity index is 427. The standard InChI is InChI=1S/C17H27FN2/c1-13(2)9-19-10-15-6-7-17(18)16(8-15)12-20(3)11-14-4-5-14/h6-8,13-14,19H,4-5,9-12H2,1-3H3. The third-order valence-corrected chi connectivity index (χ3v) is 3.70. The summed E-state index contributed by atoms with van der Waals surface area (Å²) in [6.45, 7) is 7.99. The lowest BCUT2D eigenvalue weighted by atomic mass is 10.1. The highest BCUT2D eigenvalue weighted by Crippen LogP contribution is 2.29. The van der Waals surface area contributed by atoms with Crippen LogP contribution in [-0.4, -0.2) is 25.0 Å². The summed E-state index contributed by atoms with van der Waals surface area (Å²) in [4.78, 5) is 2.24. The average molecular weight is 278 g/mol. The van der Waals surface area contributed by atoms with E-state index in [-0.39, 0.29) is 5.82 Å². The second-order valence-electron chi connectivity index (χ2n) is 6.59. The van der Waals surface area contributed by atoms with Gasteiger partial charge in [-0.05, 0) is 49.9 Å². The number of nitrogens with one attached hydrogen (secondary N) is 1. The van der Waals surface area contributed by atoms with Crippen LogP contribution in [0.1, 0.15) is 37.8 Å². The van der Waals surface area contributed by atoms with Crippen LogP contribution >= 0.6 is 0 Å². The molecular weight excluding hydrogens is 251 g/mol. The van der Waals surface area contributed by atoms with Crippen molar-refractivity contribution < 1.29 is 4.39 Å². The lowest BCUT2D eigenvalue weighted by molar-refractivity contribution is 0.308. The Kier molecular flexibility index (Phi) is 5.55. The fraction of sp³-hybridized carbons (Fsp3) is 0.647. The van der Waals surface area contributed by atoms with Crippen molar-refractivity contribution in [1.82, 2.24) is 10.2 Å². The highest BCUT2D eigenvalue weighted by molar-refractivity contribution is 5.25. The molecule has 112 valence electrons. The Morgan fingerprint density at radius 2 is 2.10 bits per heavy atom. The second-order valence-corrected chi connectivity index (χ2v) is 6.59. The molecule has 0 saturated heterocycles. The molecule has 0 unspecified atom stereocenters. The van der Waals surface area contributed by atoms with Crippen molar-refractivity contribution in [3.8, 4) is 0 Å². The monoisotopic (exact) mass is 278 g/mol. The van der Waals surface area contributed by atoms with Crippen LogP contribution in [0.5, 0.6) is 0 Å². The van der Waals surface area contributed by atoms with Crippen LogP contribution < -0.4 is 5.32 Å². The summed E-state index contributed by atoms with van der Waals surface area (Å²) in [5, 5.41) is 3.41. The molecule has 0 atom stereocenters. The number of halogens is 1. The Morgan fingerprint density at radius 1 is 1.35 bits per heavy atom. The zero-order valence-corrected chi connectivity index (χ0v) is 13.0. The fourth-order valence-electron chi connectivity index (χ4n) is 2.46. The fourth-order valence-corrected chi connectivity index (χ4v) is 2.46. The van der Waals surface area contributed by atoms with Gasteiger partial charge in [0, 0.05) is 25.2 Å². The SMILES string of the molecule is CC(C)CNCc1ccc(F)c(CN(C)CC2CC2)c1. The molecule has 0 aliphatic heterocycles. The van der Waals surface area contributed by atoms with Crippen molar-refractivity contribution in [3.63, 3.8) is 0 Å². The Hall–Kier alpha value is -0.930. The molecule has 0 radical (unpaired) electrons. The van der Waals surface area contributed by atoms with Crippen LogP contribution in [0.4, 0.5) is 4.39 Å². The molecule has 1 fully saturated rings. The van der Waals surface area contributed by atoms with Crippen molar-refractivity contribution in [3.05, 3.63) is 35.1 Å². The molecule has 1 aliphatic rings. The van der Waals surface area contributed by atoms with Gasteiger partial charge in [-0.3, -0.25) is 0 Å². The van der Waals surface area contributed by atoms with Gasteiger partial charge in [0.25, 0.3) is 0 Å². The lowest BCUT2D eigenvalue weighted by Crippen LogP contribution is -2.22. The predicted octanol–water partition coefficient (Wildman–Crippen LogP) is 3.41. The van der Waals surface area contributed by atoms with E-state index in [0.717, 1.165) is 31.1 Å². The van der Waals surface area contributed by atoms with Gasteiger partial charge in [0.2, 0.25) is 0 Å². The molecule has 0 spiro atoms. The minimum Gasteiger partial charge on any atom is -0.312 e. The molecule has 3 heteroatoms. The first-order valence-corrected chi connectivity index (χ1v) is 7.71. The largest absolute Gasteiger partial charge is 0.312 e. The van der Waals surface area contributed by atoms with Crippen LogP contribution in [0, 0.1) is 17.7 Å². The van der Waals surface area contributed by atoms with E-state index in [1.807, 2.05) is 12.1 Å². The van der Waals surface area contributed by atoms with Crippen molar-refractivity contribution in [1.29, 1.82) is 0 Å². The molecule has 0 heterocycles. The molecule has 2 nitrogen and oxygen atoms in total. The van der Waals surface area contributed by atoms with Gasteiger partial charge in [-0.25, -0.2) is 4.39 Å². The summed E-state index contributed by atoms with van der Waals surface area (Å²) in [6.07, 6.45) is 2.68. The van der Waals surface area contributed by atoms with Crippen LogP contribution in [0.25, 0.3) is 0 Å². The molecule has 20 heavy (non-hydrogen) atoms. The third kappa shape index (κ3) is 5.22. The first-order chi connectivity index (χ1) is 9.54. The van der Waals surface area contributed by atoms with Crippen molar-refractivity contribution in [2.45, 2.75) is 39.8 Å². The van der Waals surface area contributed by atoms with Crippen LogP contribution in [0.2, 0.25) is 0 Å². The van der Waals surface area contributed by atoms with Crippen LogP contribution in [0.15, 0.2) is 18.2 Å². The first kappa shape index (κ1) is 15.5. The zero-order chi connectivity index (χ0) is 14.5. The molecular formula is C17H27FN2. The average Bonchev–Trinajstić information content (AvgIpc) is 3.16. The van der Waals surface area contributed by atoms with E-state index in [4.69, 9.17) is 0 Å². The summed E-state index contributed by atoms with van der Waals surface area (Å²) >= 11 is 0. The predicted molar refractivity (Wildman–Crippen MR) is 82.0 cm³/mol. The minimum atomic E-state index is -0.0831. The molecule has 1 N–H and O–H groups in total. The first-order valence-electron chi connectivity index (χ1n) is 7.71. The Balaban J connectivity index is 1.89. The normalized spacial score (nSPS) is 15.3. The van der Waals surface area contributed by atoms with Crippen molar-refractivity contribution in [2.75, 3.05) is 20.1 Å². The van der Waals surface area contributed by atoms with E-state index in [1.54, 1.807) is 6.07 Å². The van der Waals surface area contributed by atoms with E-state index in [0.29, 0.717) is 12.5 Å². The number of benzene rings is 1. The second kappa shape index (κ2) is 7.19. The van der Waals surface area contributed by atoms with Gasteiger partial charge in [-0.1, -0.05) is 26.0 Å². The highest BCUT2D eigenvalue weighted by Gasteiger charge is 2.23. The van der Waals surface area contributed by atoms with E-state index < -0.39 is 0 Å². The summed E-state index contributed by atoms with van der Waals surface area (Å²) in [7, 11) is 2.08. The van der Waals surface area contributed by atoms with E-state index >= 15 is 0 Å². The van der Waals surface area contributed by atoms with Gasteiger partial charge >= 0.3 is 0 Å². The van der Waals surface area contributed by atoms with Gasteiger partial charge in [0.1, 0.15) is 5.82 Å². The van der Waals surface area contributed by atoms with Crippen molar-refractivity contribution in [2.24, 2.45) is 11.8 Å². The molecule has 1 aromatic carbocycles. The summed E-state index contributed by atoms with van der Waals surface area (Å²) in [5.41, 5.74) is 1.99. The summed E-state index contributed by atoms with van der Waals surface area (Å²) < 4.78 is 13.9. The van der Waals surface area contributed by atoms with Crippen molar-refractivity contribution >= 4 is 0 Å². The van der Waals surface area contributed by atoms with Crippen LogP contribution in [-0.2, 0) is 13.1 Å². The lowest BCUT2D eigenvalue weighted by Gasteiger charge is -2.17. The van der Waals surface area contributed by atoms with Gasteiger partial charge in [-0.2, -0.15) is 0 Å². The molecule has 0 amide bonds. The van der Waals surface area contributed by atoms with Gasteiger partial charge in [-0.15, -0.1) is 0 Å². The number of nitrogens with zero attached hydrogens (tertiary/aromatic N) is 1. The van der Waals surface area contributed by atoms with Gasteiger partial charge in [0.15, 0.2) is 0 Å². The summed E-state index contributed by atoms with van der Waals surface area (Å²) in [5.74, 6) is 1.40. The van der Waals surface area contributed by atoms with E-state index in [1.165, 1.54) is 18.4 Å². The number of rotatable bonds is 8. The van der Waals surface area contributed by atoms with Gasteiger partial charge in [0.05, 0.1) is 0 Å². The molecule has 1 aromatic rings. The molecule has 2 rings (SSSR count). The number of hydrogen-bond donors (Lipinski definition) is 1. The molecule has 1 saturated carbocycles. The maximum atomic E-state index is 13.9. The number of hydrogen-bond acceptors (Lipinski definition) is 2. The summed E-state index contributed by atoms with van der Waals surface area (Å²) in [6, 6.07) is 5.49. The smallest absolute Gasteiger partial charge is 0.127 e. The Morgan fingerprint density at radius 3 is 2.75 bits per heavy atom. The highest BCUT2D eigenvalue weighted by atomic mass is 19.1. The topological polar surface area (TPSA) is 15.3 Å². The molecule has 0 aromatic heterocycles. The van der Waals surface area contributed by atoms with Gasteiger partial charge < -0.3 is 10.2 Å².